The minimum atomic E-state index is -2.51. The first kappa shape index (κ1) is 24.8. The van der Waals surface area contributed by atoms with Gasteiger partial charge in [0.15, 0.2) is 0 Å². The van der Waals surface area contributed by atoms with E-state index in [0.29, 0.717) is 0 Å². The molecule has 0 radical (unpaired) electrons. The maximum Gasteiger partial charge on any atom is 0.346 e. The van der Waals surface area contributed by atoms with Gasteiger partial charge in [-0.2, -0.15) is 0 Å². The van der Waals surface area contributed by atoms with Gasteiger partial charge in [0.2, 0.25) is 0 Å². The number of nitrogens with one attached hydrogen (secondary N) is 2. The van der Waals surface area contributed by atoms with Crippen molar-refractivity contribution in [1.29, 1.82) is 0 Å². The first-order valence-corrected chi connectivity index (χ1v) is 13.5. The predicted molar refractivity (Wildman–Crippen MR) is 127 cm³/mol. The quantitative estimate of drug-likeness (QED) is 0.403. The minimum Gasteiger partial charge on any atom is -0.391 e. The van der Waals surface area contributed by atoms with Gasteiger partial charge >= 0.3 is 8.56 Å². The maximum absolute atomic E-state index is 6.98. The molecule has 0 unspecified atom stereocenters. The average Bonchev–Trinajstić information content (AvgIpc) is 2.39. The van der Waals surface area contributed by atoms with Crippen LogP contribution in [0.1, 0.15) is 81.1 Å². The van der Waals surface area contributed by atoms with E-state index in [0.717, 1.165) is 37.8 Å². The van der Waals surface area contributed by atoms with Crippen LogP contribution in [-0.2, 0) is 8.85 Å². The molecule has 29 heavy (non-hydrogen) atoms. The van der Waals surface area contributed by atoms with Crippen molar-refractivity contribution in [2.75, 3.05) is 0 Å². The Bertz CT molecular complexity index is 514. The summed E-state index contributed by atoms with van der Waals surface area (Å²) in [4.78, 5) is 0. The van der Waals surface area contributed by atoms with E-state index < -0.39 is 8.56 Å². The van der Waals surface area contributed by atoms with Crippen LogP contribution in [0.2, 0.25) is 12.1 Å². The van der Waals surface area contributed by atoms with Crippen molar-refractivity contribution in [2.45, 2.75) is 128 Å². The molecule has 2 aliphatic heterocycles. The summed E-state index contributed by atoms with van der Waals surface area (Å²) in [5.74, 6) is 0. The summed E-state index contributed by atoms with van der Waals surface area (Å²) in [6.07, 6.45) is 8.33. The van der Waals surface area contributed by atoms with Crippen LogP contribution in [0.4, 0.5) is 0 Å². The molecule has 0 spiro atoms. The molecule has 0 aromatic carbocycles. The Balaban J connectivity index is 2.26. The van der Waals surface area contributed by atoms with Crippen LogP contribution in [0.3, 0.4) is 0 Å². The number of allylic oxidation sites excluding steroid dienone is 2. The molecule has 0 bridgehead atoms. The number of piperidine rings is 2. The Kier molecular flexibility index (Phi) is 7.34. The van der Waals surface area contributed by atoms with Crippen LogP contribution in [0.5, 0.6) is 0 Å². The normalized spacial score (nSPS) is 26.8. The lowest BCUT2D eigenvalue weighted by molar-refractivity contribution is -0.00874. The highest BCUT2D eigenvalue weighted by atomic mass is 28.4. The van der Waals surface area contributed by atoms with Gasteiger partial charge in [-0.3, -0.25) is 0 Å². The van der Waals surface area contributed by atoms with Crippen molar-refractivity contribution in [3.8, 4) is 0 Å². The van der Waals surface area contributed by atoms with E-state index >= 15 is 0 Å². The fraction of sp³-hybridized carbons (Fsp3) is 0.833. The predicted octanol–water partition coefficient (Wildman–Crippen LogP) is 5.45. The molecule has 2 heterocycles. The molecule has 2 rings (SSSR count). The molecule has 168 valence electrons. The summed E-state index contributed by atoms with van der Waals surface area (Å²) in [6.45, 7) is 26.3. The van der Waals surface area contributed by atoms with E-state index in [-0.39, 0.29) is 34.4 Å². The summed E-state index contributed by atoms with van der Waals surface area (Å²) < 4.78 is 14.0. The third-order valence-electron chi connectivity index (χ3n) is 5.98. The molecule has 2 saturated heterocycles. The minimum absolute atomic E-state index is 0.0493. The maximum atomic E-state index is 6.98. The smallest absolute Gasteiger partial charge is 0.346 e. The van der Waals surface area contributed by atoms with Crippen LogP contribution >= 0.6 is 0 Å². The molecular formula is C24H46N2O2Si. The van der Waals surface area contributed by atoms with Crippen molar-refractivity contribution in [3.05, 3.63) is 25.3 Å². The van der Waals surface area contributed by atoms with Crippen molar-refractivity contribution < 1.29 is 8.85 Å². The second-order valence-electron chi connectivity index (χ2n) is 12.0. The summed E-state index contributed by atoms with van der Waals surface area (Å²) in [5.41, 5.74) is 0.197. The second-order valence-corrected chi connectivity index (χ2v) is 15.1. The number of hydrogen-bond acceptors (Lipinski definition) is 4. The average molecular weight is 423 g/mol. The van der Waals surface area contributed by atoms with Crippen LogP contribution in [0.25, 0.3) is 0 Å². The van der Waals surface area contributed by atoms with Crippen molar-refractivity contribution in [2.24, 2.45) is 0 Å². The van der Waals surface area contributed by atoms with E-state index in [1.54, 1.807) is 0 Å². The molecule has 0 aliphatic carbocycles. The Morgan fingerprint density at radius 1 is 0.690 bits per heavy atom. The Labute approximate surface area is 181 Å². The molecule has 0 amide bonds. The first-order chi connectivity index (χ1) is 13.1. The molecule has 0 aromatic heterocycles. The molecule has 0 aromatic rings. The zero-order valence-corrected chi connectivity index (χ0v) is 21.3. The van der Waals surface area contributed by atoms with Crippen LogP contribution in [0.15, 0.2) is 25.3 Å². The zero-order chi connectivity index (χ0) is 22.1. The molecule has 2 fully saturated rings. The van der Waals surface area contributed by atoms with Gasteiger partial charge in [-0.1, -0.05) is 12.2 Å². The SMILES string of the molecule is C=CC[Si](CC=C)(OC1CC(C)(C)NC(C)(C)C1)OC1CC(C)(C)NC(C)(C)C1. The van der Waals surface area contributed by atoms with Gasteiger partial charge < -0.3 is 19.5 Å². The van der Waals surface area contributed by atoms with Crippen LogP contribution < -0.4 is 10.6 Å². The van der Waals surface area contributed by atoms with E-state index in [1.807, 2.05) is 12.2 Å². The Morgan fingerprint density at radius 3 is 1.21 bits per heavy atom. The Morgan fingerprint density at radius 2 is 0.966 bits per heavy atom. The van der Waals surface area contributed by atoms with E-state index in [9.17, 15) is 0 Å². The van der Waals surface area contributed by atoms with Gasteiger partial charge in [0.25, 0.3) is 0 Å². The molecule has 0 atom stereocenters. The first-order valence-electron chi connectivity index (χ1n) is 11.3. The van der Waals surface area contributed by atoms with Crippen molar-refractivity contribution >= 4 is 8.56 Å². The molecule has 4 nitrogen and oxygen atoms in total. The molecule has 5 heteroatoms. The highest BCUT2D eigenvalue weighted by Crippen LogP contribution is 2.38. The van der Waals surface area contributed by atoms with Gasteiger partial charge in [-0.25, -0.2) is 0 Å². The third-order valence-corrected chi connectivity index (χ3v) is 9.33. The summed E-state index contributed by atoms with van der Waals surface area (Å²) in [7, 11) is -2.51. The van der Waals surface area contributed by atoms with Crippen LogP contribution in [0, 0.1) is 0 Å². The number of hydrogen-bond donors (Lipinski definition) is 2. The Hall–Kier alpha value is -0.463. The summed E-state index contributed by atoms with van der Waals surface area (Å²) in [5, 5.41) is 7.52. The number of rotatable bonds is 8. The lowest BCUT2D eigenvalue weighted by atomic mass is 9.81. The lowest BCUT2D eigenvalue weighted by Gasteiger charge is -2.50. The highest BCUT2D eigenvalue weighted by Gasteiger charge is 2.47. The largest absolute Gasteiger partial charge is 0.391 e. The van der Waals surface area contributed by atoms with E-state index in [2.05, 4.69) is 79.2 Å². The molecule has 2 N–H and O–H groups in total. The lowest BCUT2D eigenvalue weighted by Crippen LogP contribution is -2.63. The molecule has 0 saturated carbocycles. The third kappa shape index (κ3) is 7.32. The van der Waals surface area contributed by atoms with E-state index in [1.165, 1.54) is 0 Å². The monoisotopic (exact) mass is 422 g/mol. The van der Waals surface area contributed by atoms with Gasteiger partial charge in [0.05, 0.1) is 12.2 Å². The fourth-order valence-corrected chi connectivity index (χ4v) is 9.01. The van der Waals surface area contributed by atoms with Gasteiger partial charge in [0, 0.05) is 34.2 Å². The van der Waals surface area contributed by atoms with Gasteiger partial charge in [-0.15, -0.1) is 13.2 Å². The topological polar surface area (TPSA) is 42.5 Å². The van der Waals surface area contributed by atoms with Crippen LogP contribution in [-0.4, -0.2) is 42.9 Å². The second kappa shape index (κ2) is 8.58. The van der Waals surface area contributed by atoms with Crippen molar-refractivity contribution in [3.63, 3.8) is 0 Å². The summed E-state index contributed by atoms with van der Waals surface area (Å²) >= 11 is 0. The molecule has 2 aliphatic rings. The van der Waals surface area contributed by atoms with E-state index in [4.69, 9.17) is 8.85 Å². The standard InChI is InChI=1S/C24H46N2O2Si/c1-11-13-29(14-12-2,27-19-15-21(3,4)25-22(5,6)16-19)28-20-17-23(7,8)26-24(9,10)18-20/h11-12,19-20,25-26H,1-2,13-18H2,3-10H3. The molecular weight excluding hydrogens is 376 g/mol. The fourth-order valence-electron chi connectivity index (χ4n) is 5.97. The highest BCUT2D eigenvalue weighted by molar-refractivity contribution is 6.68. The van der Waals surface area contributed by atoms with Gasteiger partial charge in [0.1, 0.15) is 0 Å². The van der Waals surface area contributed by atoms with Gasteiger partial charge in [-0.05, 0) is 81.1 Å². The zero-order valence-electron chi connectivity index (χ0n) is 20.3. The van der Waals surface area contributed by atoms with Crippen molar-refractivity contribution in [1.82, 2.24) is 10.6 Å². The summed E-state index contributed by atoms with van der Waals surface area (Å²) in [6, 6.07) is 1.60.